The minimum Gasteiger partial charge on any atom is -0.338 e. The summed E-state index contributed by atoms with van der Waals surface area (Å²) in [7, 11) is -3.33. The lowest BCUT2D eigenvalue weighted by molar-refractivity contribution is 0.0763. The fourth-order valence-corrected chi connectivity index (χ4v) is 5.62. The van der Waals surface area contributed by atoms with Crippen molar-refractivity contribution < 1.29 is 13.2 Å². The summed E-state index contributed by atoms with van der Waals surface area (Å²) in [5, 5.41) is 0. The third-order valence-corrected chi connectivity index (χ3v) is 7.36. The Bertz CT molecular complexity index is 1110. The lowest BCUT2D eigenvalue weighted by atomic mass is 10.1. The molecule has 1 fully saturated rings. The second kappa shape index (κ2) is 7.62. The van der Waals surface area contributed by atoms with E-state index in [4.69, 9.17) is 0 Å². The molecule has 3 heterocycles. The Morgan fingerprint density at radius 1 is 1.14 bits per heavy atom. The normalized spacial score (nSPS) is 18.8. The van der Waals surface area contributed by atoms with Gasteiger partial charge in [-0.05, 0) is 44.4 Å². The Morgan fingerprint density at radius 3 is 2.72 bits per heavy atom. The van der Waals surface area contributed by atoms with Gasteiger partial charge in [-0.3, -0.25) is 13.9 Å². The van der Waals surface area contributed by atoms with Crippen LogP contribution in [0.3, 0.4) is 0 Å². The van der Waals surface area contributed by atoms with Crippen LogP contribution in [0.5, 0.6) is 0 Å². The van der Waals surface area contributed by atoms with Crippen LogP contribution in [-0.4, -0.2) is 54.6 Å². The Hall–Kier alpha value is -2.68. The van der Waals surface area contributed by atoms with Crippen molar-refractivity contribution in [2.24, 2.45) is 0 Å². The van der Waals surface area contributed by atoms with Gasteiger partial charge in [-0.15, -0.1) is 0 Å². The first-order valence-corrected chi connectivity index (χ1v) is 11.4. The molecule has 0 radical (unpaired) electrons. The lowest BCUT2D eigenvalue weighted by Gasteiger charge is -2.29. The molecule has 2 aliphatic rings. The second-order valence-electron chi connectivity index (χ2n) is 7.51. The SMILES string of the molecule is Cc1nc2c(c(=O)[nH]1)CCN(C(=O)c1cccc(N3CCCCS3(=O)=O)c1)CC2. The number of nitrogens with one attached hydrogen (secondary N) is 1. The standard InChI is InChI=1S/C20H24N4O4S/c1-14-21-18-8-11-23(10-7-17(18)19(25)22-14)20(26)15-5-4-6-16(13-15)24-9-2-3-12-29(24,27)28/h4-6,13H,2-3,7-12H2,1H3,(H,21,22,25). The number of fused-ring (bicyclic) bond motifs is 1. The molecule has 1 aromatic heterocycles. The van der Waals surface area contributed by atoms with E-state index in [0.717, 1.165) is 12.1 Å². The number of H-pyrrole nitrogens is 1. The van der Waals surface area contributed by atoms with E-state index in [0.29, 0.717) is 61.5 Å². The predicted octanol–water partition coefficient (Wildman–Crippen LogP) is 1.25. The Morgan fingerprint density at radius 2 is 1.93 bits per heavy atom. The van der Waals surface area contributed by atoms with Crippen molar-refractivity contribution >= 4 is 21.6 Å². The van der Waals surface area contributed by atoms with Crippen molar-refractivity contribution in [3.63, 3.8) is 0 Å². The molecule has 4 rings (SSSR count). The highest BCUT2D eigenvalue weighted by molar-refractivity contribution is 7.92. The van der Waals surface area contributed by atoms with Gasteiger partial charge in [-0.1, -0.05) is 6.07 Å². The van der Waals surface area contributed by atoms with Crippen molar-refractivity contribution in [1.82, 2.24) is 14.9 Å². The zero-order valence-corrected chi connectivity index (χ0v) is 17.2. The van der Waals surface area contributed by atoms with Gasteiger partial charge < -0.3 is 9.88 Å². The van der Waals surface area contributed by atoms with Crippen LogP contribution < -0.4 is 9.86 Å². The monoisotopic (exact) mass is 416 g/mol. The number of hydrogen-bond donors (Lipinski definition) is 1. The minimum atomic E-state index is -3.33. The number of aromatic nitrogens is 2. The topological polar surface area (TPSA) is 103 Å². The summed E-state index contributed by atoms with van der Waals surface area (Å²) in [6.07, 6.45) is 2.44. The average molecular weight is 417 g/mol. The van der Waals surface area contributed by atoms with Crippen LogP contribution in [0.4, 0.5) is 5.69 Å². The molecule has 1 amide bonds. The zero-order chi connectivity index (χ0) is 20.6. The van der Waals surface area contributed by atoms with Crippen LogP contribution in [0.2, 0.25) is 0 Å². The third-order valence-electron chi connectivity index (χ3n) is 5.49. The summed E-state index contributed by atoms with van der Waals surface area (Å²) in [5.74, 6) is 0.544. The van der Waals surface area contributed by atoms with E-state index in [9.17, 15) is 18.0 Å². The molecule has 9 heteroatoms. The fourth-order valence-electron chi connectivity index (χ4n) is 3.99. The number of amides is 1. The average Bonchev–Trinajstić information content (AvgIpc) is 2.90. The Kier molecular flexibility index (Phi) is 5.16. The highest BCUT2D eigenvalue weighted by atomic mass is 32.2. The molecule has 0 aliphatic carbocycles. The quantitative estimate of drug-likeness (QED) is 0.794. The van der Waals surface area contributed by atoms with E-state index in [-0.39, 0.29) is 17.2 Å². The van der Waals surface area contributed by atoms with Gasteiger partial charge in [0, 0.05) is 37.2 Å². The summed E-state index contributed by atoms with van der Waals surface area (Å²) in [5.41, 5.74) is 2.22. The molecule has 0 spiro atoms. The molecule has 1 aromatic carbocycles. The smallest absolute Gasteiger partial charge is 0.254 e. The Labute approximate surface area is 169 Å². The molecule has 154 valence electrons. The first-order chi connectivity index (χ1) is 13.8. The maximum absolute atomic E-state index is 13.1. The second-order valence-corrected chi connectivity index (χ2v) is 9.53. The molecule has 0 saturated carbocycles. The predicted molar refractivity (Wildman–Crippen MR) is 110 cm³/mol. The Balaban J connectivity index is 1.56. The van der Waals surface area contributed by atoms with Crippen molar-refractivity contribution in [1.29, 1.82) is 0 Å². The van der Waals surface area contributed by atoms with Crippen LogP contribution >= 0.6 is 0 Å². The molecule has 2 aliphatic heterocycles. The maximum atomic E-state index is 13.1. The molecular formula is C20H24N4O4S. The number of sulfonamides is 1. The van der Waals surface area contributed by atoms with Gasteiger partial charge in [-0.2, -0.15) is 0 Å². The van der Waals surface area contributed by atoms with E-state index in [1.165, 1.54) is 4.31 Å². The maximum Gasteiger partial charge on any atom is 0.254 e. The van der Waals surface area contributed by atoms with Crippen LogP contribution in [0.15, 0.2) is 29.1 Å². The zero-order valence-electron chi connectivity index (χ0n) is 16.3. The minimum absolute atomic E-state index is 0.135. The van der Waals surface area contributed by atoms with Gasteiger partial charge in [0.15, 0.2) is 0 Å². The summed E-state index contributed by atoms with van der Waals surface area (Å²) >= 11 is 0. The third kappa shape index (κ3) is 3.91. The number of rotatable bonds is 2. The molecule has 2 aromatic rings. The van der Waals surface area contributed by atoms with Crippen molar-refractivity contribution in [3.05, 3.63) is 57.3 Å². The van der Waals surface area contributed by atoms with E-state index in [1.807, 2.05) is 0 Å². The largest absolute Gasteiger partial charge is 0.338 e. The van der Waals surface area contributed by atoms with Gasteiger partial charge in [0.1, 0.15) is 5.82 Å². The molecule has 1 saturated heterocycles. The summed E-state index contributed by atoms with van der Waals surface area (Å²) < 4.78 is 26.2. The number of aryl methyl sites for hydroxylation is 1. The lowest BCUT2D eigenvalue weighted by Crippen LogP contribution is -2.38. The highest BCUT2D eigenvalue weighted by Gasteiger charge is 2.27. The summed E-state index contributed by atoms with van der Waals surface area (Å²) in [6, 6.07) is 6.80. The molecule has 29 heavy (non-hydrogen) atoms. The van der Waals surface area contributed by atoms with Gasteiger partial charge >= 0.3 is 0 Å². The first-order valence-electron chi connectivity index (χ1n) is 9.83. The van der Waals surface area contributed by atoms with Crippen LogP contribution in [0, 0.1) is 6.92 Å². The number of aromatic amines is 1. The summed E-state index contributed by atoms with van der Waals surface area (Å²) in [6.45, 7) is 3.07. The molecule has 0 bridgehead atoms. The number of hydrogen-bond acceptors (Lipinski definition) is 5. The first kappa shape index (κ1) is 19.6. The van der Waals surface area contributed by atoms with Crippen molar-refractivity contribution in [3.8, 4) is 0 Å². The van der Waals surface area contributed by atoms with Crippen LogP contribution in [-0.2, 0) is 22.9 Å². The van der Waals surface area contributed by atoms with Crippen LogP contribution in [0.25, 0.3) is 0 Å². The van der Waals surface area contributed by atoms with E-state index >= 15 is 0 Å². The molecule has 0 atom stereocenters. The van der Waals surface area contributed by atoms with Crippen molar-refractivity contribution in [2.75, 3.05) is 29.7 Å². The number of carbonyl (C=O) groups excluding carboxylic acids is 1. The molecule has 0 unspecified atom stereocenters. The fraction of sp³-hybridized carbons (Fsp3) is 0.450. The van der Waals surface area contributed by atoms with Gasteiger partial charge in [0.05, 0.1) is 17.1 Å². The van der Waals surface area contributed by atoms with E-state index in [2.05, 4.69) is 9.97 Å². The van der Waals surface area contributed by atoms with E-state index in [1.54, 1.807) is 36.1 Å². The molecule has 1 N–H and O–H groups in total. The number of benzene rings is 1. The van der Waals surface area contributed by atoms with E-state index < -0.39 is 10.0 Å². The summed E-state index contributed by atoms with van der Waals surface area (Å²) in [4.78, 5) is 34.2. The van der Waals surface area contributed by atoms with Crippen molar-refractivity contribution in [2.45, 2.75) is 32.6 Å². The van der Waals surface area contributed by atoms with Gasteiger partial charge in [-0.25, -0.2) is 13.4 Å². The number of anilines is 1. The highest BCUT2D eigenvalue weighted by Crippen LogP contribution is 2.25. The van der Waals surface area contributed by atoms with Crippen LogP contribution in [0.1, 0.15) is 40.3 Å². The number of nitrogens with zero attached hydrogens (tertiary/aromatic N) is 3. The van der Waals surface area contributed by atoms with Gasteiger partial charge in [0.25, 0.3) is 11.5 Å². The molecular weight excluding hydrogens is 392 g/mol. The van der Waals surface area contributed by atoms with Gasteiger partial charge in [0.2, 0.25) is 10.0 Å². The molecule has 8 nitrogen and oxygen atoms in total. The number of carbonyl (C=O) groups is 1.